The number of para-hydroxylation sites is 1. The lowest BCUT2D eigenvalue weighted by Crippen LogP contribution is -2.50. The van der Waals surface area contributed by atoms with Gasteiger partial charge in [0.2, 0.25) is 0 Å². The number of anilines is 1. The molecule has 0 bridgehead atoms. The number of aliphatic carboxylic acids is 1. The summed E-state index contributed by atoms with van der Waals surface area (Å²) in [6.07, 6.45) is 3.78. The van der Waals surface area contributed by atoms with E-state index in [9.17, 15) is 14.7 Å². The molecule has 5 heteroatoms. The smallest absolute Gasteiger partial charge is 0.324 e. The molecule has 5 nitrogen and oxygen atoms in total. The Balaban J connectivity index is 1.88. The predicted molar refractivity (Wildman–Crippen MR) is 79.6 cm³/mol. The zero-order valence-corrected chi connectivity index (χ0v) is 12.2. The molecule has 1 unspecified atom stereocenters. The zero-order chi connectivity index (χ0) is 15.0. The first-order chi connectivity index (χ1) is 10.1. The zero-order valence-electron chi connectivity index (χ0n) is 12.2. The number of nitrogens with zero attached hydrogens (tertiary/aromatic N) is 2. The van der Waals surface area contributed by atoms with Gasteiger partial charge in [-0.1, -0.05) is 18.2 Å². The van der Waals surface area contributed by atoms with Crippen LogP contribution in [0, 0.1) is 0 Å². The number of carboxylic acids is 1. The summed E-state index contributed by atoms with van der Waals surface area (Å²) in [5, 5.41) is 9.34. The minimum atomic E-state index is -0.818. The topological polar surface area (TPSA) is 60.9 Å². The van der Waals surface area contributed by atoms with Crippen LogP contribution in [-0.2, 0) is 4.79 Å². The molecule has 2 amide bonds. The van der Waals surface area contributed by atoms with Crippen LogP contribution in [0.25, 0.3) is 0 Å². The first-order valence-electron chi connectivity index (χ1n) is 7.45. The third-order valence-electron chi connectivity index (χ3n) is 4.70. The second-order valence-corrected chi connectivity index (χ2v) is 5.87. The van der Waals surface area contributed by atoms with Crippen molar-refractivity contribution in [3.63, 3.8) is 0 Å². The number of hydrogen-bond donors (Lipinski definition) is 1. The summed E-state index contributed by atoms with van der Waals surface area (Å²) in [7, 11) is 1.85. The van der Waals surface area contributed by atoms with Gasteiger partial charge in [0.15, 0.2) is 0 Å². The number of fused-ring (bicyclic) bond motifs is 1. The number of carbonyl (C=O) groups excluding carboxylic acids is 1. The molecule has 1 aliphatic heterocycles. The highest BCUT2D eigenvalue weighted by molar-refractivity contribution is 5.95. The maximum atomic E-state index is 12.7. The summed E-state index contributed by atoms with van der Waals surface area (Å²) in [4.78, 5) is 27.6. The molecule has 1 N–H and O–H groups in total. The van der Waals surface area contributed by atoms with Crippen molar-refractivity contribution in [3.05, 3.63) is 29.8 Å². The largest absolute Gasteiger partial charge is 0.481 e. The number of amides is 2. The summed E-state index contributed by atoms with van der Waals surface area (Å²) >= 11 is 0. The van der Waals surface area contributed by atoms with Gasteiger partial charge in [-0.15, -0.1) is 0 Å². The Labute approximate surface area is 124 Å². The van der Waals surface area contributed by atoms with Crippen LogP contribution in [0.15, 0.2) is 24.3 Å². The summed E-state index contributed by atoms with van der Waals surface area (Å²) in [5.41, 5.74) is 1.49. The van der Waals surface area contributed by atoms with Crippen molar-refractivity contribution < 1.29 is 14.7 Å². The Hall–Kier alpha value is -2.04. The maximum absolute atomic E-state index is 12.7. The fourth-order valence-electron chi connectivity index (χ4n) is 3.14. The Kier molecular flexibility index (Phi) is 3.57. The van der Waals surface area contributed by atoms with Gasteiger partial charge in [0.1, 0.15) is 0 Å². The molecule has 1 atom stereocenters. The molecule has 0 saturated heterocycles. The van der Waals surface area contributed by atoms with Crippen LogP contribution in [-0.4, -0.2) is 41.6 Å². The van der Waals surface area contributed by atoms with Crippen LogP contribution >= 0.6 is 0 Å². The maximum Gasteiger partial charge on any atom is 0.324 e. The minimum Gasteiger partial charge on any atom is -0.481 e. The second kappa shape index (κ2) is 5.39. The van der Waals surface area contributed by atoms with Crippen LogP contribution in [0.3, 0.4) is 0 Å². The lowest BCUT2D eigenvalue weighted by molar-refractivity contribution is -0.139. The van der Waals surface area contributed by atoms with Crippen LogP contribution in [0.2, 0.25) is 0 Å². The van der Waals surface area contributed by atoms with Gasteiger partial charge in [0.05, 0.1) is 5.92 Å². The Morgan fingerprint density at radius 2 is 1.95 bits per heavy atom. The molecule has 0 aromatic heterocycles. The Morgan fingerprint density at radius 1 is 1.24 bits per heavy atom. The van der Waals surface area contributed by atoms with Gasteiger partial charge in [0, 0.05) is 25.3 Å². The van der Waals surface area contributed by atoms with Gasteiger partial charge < -0.3 is 10.0 Å². The van der Waals surface area contributed by atoms with E-state index in [1.165, 1.54) is 6.42 Å². The molecule has 0 spiro atoms. The van der Waals surface area contributed by atoms with Gasteiger partial charge in [0.25, 0.3) is 0 Å². The van der Waals surface area contributed by atoms with Crippen LogP contribution < -0.4 is 4.90 Å². The molecule has 1 fully saturated rings. The molecule has 21 heavy (non-hydrogen) atoms. The summed E-state index contributed by atoms with van der Waals surface area (Å²) < 4.78 is 0. The minimum absolute atomic E-state index is 0.0176. The Bertz CT molecular complexity index is 568. The summed E-state index contributed by atoms with van der Waals surface area (Å²) in [5.74, 6) is -1.33. The number of benzene rings is 1. The monoisotopic (exact) mass is 288 g/mol. The second-order valence-electron chi connectivity index (χ2n) is 5.87. The molecule has 2 aliphatic rings. The number of carbonyl (C=O) groups is 2. The lowest BCUT2D eigenvalue weighted by Gasteiger charge is -2.40. The highest BCUT2D eigenvalue weighted by atomic mass is 16.4. The highest BCUT2D eigenvalue weighted by Gasteiger charge is 2.35. The number of urea groups is 1. The van der Waals surface area contributed by atoms with Crippen molar-refractivity contribution in [3.8, 4) is 0 Å². The molecule has 3 rings (SSSR count). The molecule has 1 saturated carbocycles. The quantitative estimate of drug-likeness (QED) is 0.910. The summed E-state index contributed by atoms with van der Waals surface area (Å²) in [6.45, 7) is 0.462. The van der Waals surface area contributed by atoms with Crippen molar-refractivity contribution in [1.82, 2.24) is 4.90 Å². The lowest BCUT2D eigenvalue weighted by atomic mass is 9.89. The molecular formula is C16H20N2O3. The molecule has 1 aromatic rings. The standard InChI is InChI=1S/C16H20N2O3/c1-17(11-5-4-6-11)16(21)18-10-9-13(15(19)20)12-7-2-3-8-14(12)18/h2-3,7-8,11,13H,4-6,9-10H2,1H3,(H,19,20). The number of rotatable bonds is 2. The van der Waals surface area contributed by atoms with E-state index in [0.29, 0.717) is 19.0 Å². The normalized spacial score (nSPS) is 21.4. The van der Waals surface area contributed by atoms with Crippen LogP contribution in [0.4, 0.5) is 10.5 Å². The molecular weight excluding hydrogens is 268 g/mol. The molecule has 1 aliphatic carbocycles. The van der Waals surface area contributed by atoms with Gasteiger partial charge in [-0.25, -0.2) is 4.79 Å². The SMILES string of the molecule is CN(C(=O)N1CCC(C(=O)O)c2ccccc21)C1CCC1. The van der Waals surface area contributed by atoms with E-state index in [2.05, 4.69) is 0 Å². The number of hydrogen-bond acceptors (Lipinski definition) is 2. The van der Waals surface area contributed by atoms with Gasteiger partial charge in [-0.2, -0.15) is 0 Å². The Morgan fingerprint density at radius 3 is 2.57 bits per heavy atom. The predicted octanol–water partition coefficient (Wildman–Crippen LogP) is 2.67. The van der Waals surface area contributed by atoms with E-state index in [-0.39, 0.29) is 6.03 Å². The average Bonchev–Trinajstić information content (AvgIpc) is 2.43. The van der Waals surface area contributed by atoms with E-state index >= 15 is 0 Å². The van der Waals surface area contributed by atoms with Crippen molar-refractivity contribution in [1.29, 1.82) is 0 Å². The summed E-state index contributed by atoms with van der Waals surface area (Å²) in [6, 6.07) is 7.66. The van der Waals surface area contributed by atoms with E-state index in [1.54, 1.807) is 9.80 Å². The van der Waals surface area contributed by atoms with Crippen molar-refractivity contribution in [2.24, 2.45) is 0 Å². The highest BCUT2D eigenvalue weighted by Crippen LogP contribution is 2.36. The molecule has 1 heterocycles. The number of carboxylic acid groups (broad SMARTS) is 1. The van der Waals surface area contributed by atoms with Crippen LogP contribution in [0.1, 0.15) is 37.2 Å². The van der Waals surface area contributed by atoms with Crippen molar-refractivity contribution >= 4 is 17.7 Å². The first kappa shape index (κ1) is 13.9. The van der Waals surface area contributed by atoms with E-state index in [0.717, 1.165) is 24.1 Å². The van der Waals surface area contributed by atoms with E-state index in [4.69, 9.17) is 0 Å². The third-order valence-corrected chi connectivity index (χ3v) is 4.70. The molecule has 112 valence electrons. The fourth-order valence-corrected chi connectivity index (χ4v) is 3.14. The third kappa shape index (κ3) is 2.37. The fraction of sp³-hybridized carbons (Fsp3) is 0.500. The van der Waals surface area contributed by atoms with E-state index in [1.807, 2.05) is 31.3 Å². The van der Waals surface area contributed by atoms with Crippen molar-refractivity contribution in [2.75, 3.05) is 18.5 Å². The average molecular weight is 288 g/mol. The van der Waals surface area contributed by atoms with Gasteiger partial charge in [-0.3, -0.25) is 9.69 Å². The first-order valence-corrected chi connectivity index (χ1v) is 7.45. The van der Waals surface area contributed by atoms with Gasteiger partial charge >= 0.3 is 12.0 Å². The molecule has 1 aromatic carbocycles. The molecule has 0 radical (unpaired) electrons. The van der Waals surface area contributed by atoms with Gasteiger partial charge in [-0.05, 0) is 37.3 Å². The van der Waals surface area contributed by atoms with Crippen molar-refractivity contribution in [2.45, 2.75) is 37.6 Å². The van der Waals surface area contributed by atoms with Crippen LogP contribution in [0.5, 0.6) is 0 Å². The van der Waals surface area contributed by atoms with E-state index < -0.39 is 11.9 Å².